The van der Waals surface area contributed by atoms with Crippen molar-refractivity contribution < 1.29 is 0 Å². The molecule has 0 aliphatic heterocycles. The minimum atomic E-state index is 0.0975. The summed E-state index contributed by atoms with van der Waals surface area (Å²) in [5, 5.41) is 0.839. The van der Waals surface area contributed by atoms with Gasteiger partial charge in [0.25, 0.3) is 0 Å². The van der Waals surface area contributed by atoms with Gasteiger partial charge in [0.15, 0.2) is 0 Å². The van der Waals surface area contributed by atoms with Crippen LogP contribution in [0.3, 0.4) is 0 Å². The molecule has 1 aromatic rings. The van der Waals surface area contributed by atoms with Crippen molar-refractivity contribution in [1.82, 2.24) is 0 Å². The van der Waals surface area contributed by atoms with E-state index in [1.165, 1.54) is 5.56 Å². The van der Waals surface area contributed by atoms with Gasteiger partial charge in [0.2, 0.25) is 0 Å². The van der Waals surface area contributed by atoms with Gasteiger partial charge in [-0.2, -0.15) is 0 Å². The van der Waals surface area contributed by atoms with Crippen molar-refractivity contribution in [2.24, 2.45) is 5.73 Å². The summed E-state index contributed by atoms with van der Waals surface area (Å²) in [5.41, 5.74) is 8.58. The highest BCUT2D eigenvalue weighted by atomic mass is 35.5. The van der Waals surface area contributed by atoms with Crippen LogP contribution < -0.4 is 5.73 Å². The van der Waals surface area contributed by atoms with E-state index in [0.717, 1.165) is 29.8 Å². The molecule has 1 saturated carbocycles. The number of aryl methyl sites for hydroxylation is 1. The van der Waals surface area contributed by atoms with Gasteiger partial charge in [-0.3, -0.25) is 0 Å². The predicted octanol–water partition coefficient (Wildman–Crippen LogP) is 2.68. The van der Waals surface area contributed by atoms with Crippen molar-refractivity contribution in [3.8, 4) is 0 Å². The second-order valence-corrected chi connectivity index (χ2v) is 4.53. The van der Waals surface area contributed by atoms with Crippen molar-refractivity contribution in [3.63, 3.8) is 0 Å². The van der Waals surface area contributed by atoms with E-state index >= 15 is 0 Å². The van der Waals surface area contributed by atoms with Gasteiger partial charge in [-0.15, -0.1) is 0 Å². The molecule has 0 bridgehead atoms. The molecule has 0 amide bonds. The van der Waals surface area contributed by atoms with E-state index in [4.69, 9.17) is 17.3 Å². The van der Waals surface area contributed by atoms with Crippen LogP contribution in [0.4, 0.5) is 0 Å². The molecule has 0 radical (unpaired) electrons. The summed E-state index contributed by atoms with van der Waals surface area (Å²) >= 11 is 5.94. The molecule has 70 valence electrons. The first kappa shape index (κ1) is 9.04. The fourth-order valence-corrected chi connectivity index (χ4v) is 1.68. The Morgan fingerprint density at radius 1 is 1.46 bits per heavy atom. The van der Waals surface area contributed by atoms with E-state index in [9.17, 15) is 0 Å². The molecule has 0 heterocycles. The van der Waals surface area contributed by atoms with E-state index in [1.54, 1.807) is 0 Å². The van der Waals surface area contributed by atoms with Crippen LogP contribution in [0.2, 0.25) is 5.02 Å². The fraction of sp³-hybridized carbons (Fsp3) is 0.455. The molecule has 2 N–H and O–H groups in total. The molecule has 0 spiro atoms. The smallest absolute Gasteiger partial charge is 0.0435 e. The average molecular weight is 196 g/mol. The maximum absolute atomic E-state index is 6.03. The molecule has 2 rings (SSSR count). The number of nitrogens with two attached hydrogens (primary N) is 1. The summed E-state index contributed by atoms with van der Waals surface area (Å²) in [4.78, 5) is 0. The van der Waals surface area contributed by atoms with Gasteiger partial charge in [-0.1, -0.05) is 23.7 Å². The van der Waals surface area contributed by atoms with Gasteiger partial charge >= 0.3 is 0 Å². The zero-order chi connectivity index (χ0) is 9.47. The molecule has 0 aromatic heterocycles. The molecule has 1 aromatic carbocycles. The van der Waals surface area contributed by atoms with Crippen LogP contribution in [-0.4, -0.2) is 5.54 Å². The minimum Gasteiger partial charge on any atom is -0.325 e. The topological polar surface area (TPSA) is 26.0 Å². The summed E-state index contributed by atoms with van der Waals surface area (Å²) in [5.74, 6) is 0. The van der Waals surface area contributed by atoms with Crippen molar-refractivity contribution in [1.29, 1.82) is 0 Å². The van der Waals surface area contributed by atoms with Crippen LogP contribution in [0.5, 0.6) is 0 Å². The first-order chi connectivity index (χ1) is 6.09. The second-order valence-electron chi connectivity index (χ2n) is 4.12. The van der Waals surface area contributed by atoms with Crippen LogP contribution in [0.25, 0.3) is 0 Å². The number of hydrogen-bond acceptors (Lipinski definition) is 1. The highest BCUT2D eigenvalue weighted by Gasteiger charge is 2.37. The number of rotatable bonds is 2. The maximum Gasteiger partial charge on any atom is 0.0435 e. The maximum atomic E-state index is 6.03. The van der Waals surface area contributed by atoms with Crippen LogP contribution in [0.1, 0.15) is 24.0 Å². The Labute approximate surface area is 83.9 Å². The van der Waals surface area contributed by atoms with Gasteiger partial charge in [0.1, 0.15) is 0 Å². The normalized spacial score (nSPS) is 18.7. The van der Waals surface area contributed by atoms with Gasteiger partial charge in [0.05, 0.1) is 0 Å². The first-order valence-electron chi connectivity index (χ1n) is 4.63. The third-order valence-electron chi connectivity index (χ3n) is 2.67. The summed E-state index contributed by atoms with van der Waals surface area (Å²) in [6.07, 6.45) is 3.31. The summed E-state index contributed by atoms with van der Waals surface area (Å²) in [6.45, 7) is 2.03. The molecule has 0 unspecified atom stereocenters. The molecule has 1 aliphatic carbocycles. The Morgan fingerprint density at radius 2 is 2.15 bits per heavy atom. The van der Waals surface area contributed by atoms with Crippen molar-refractivity contribution >= 4 is 11.6 Å². The lowest BCUT2D eigenvalue weighted by Crippen LogP contribution is -2.24. The van der Waals surface area contributed by atoms with Crippen LogP contribution in [0, 0.1) is 6.92 Å². The molecule has 2 heteroatoms. The lowest BCUT2D eigenvalue weighted by molar-refractivity contribution is 0.672. The Bertz CT molecular complexity index is 329. The Hall–Kier alpha value is -0.530. The Morgan fingerprint density at radius 3 is 2.69 bits per heavy atom. The first-order valence-corrected chi connectivity index (χ1v) is 5.01. The number of benzene rings is 1. The Kier molecular flexibility index (Phi) is 2.09. The molecule has 0 atom stereocenters. The summed E-state index contributed by atoms with van der Waals surface area (Å²) < 4.78 is 0. The molecule has 13 heavy (non-hydrogen) atoms. The fourth-order valence-electron chi connectivity index (χ4n) is 1.56. The van der Waals surface area contributed by atoms with Crippen LogP contribution in [-0.2, 0) is 6.42 Å². The highest BCUT2D eigenvalue weighted by molar-refractivity contribution is 6.31. The second kappa shape index (κ2) is 3.00. The number of hydrogen-bond donors (Lipinski definition) is 1. The molecule has 1 aliphatic rings. The quantitative estimate of drug-likeness (QED) is 0.772. The predicted molar refractivity (Wildman–Crippen MR) is 56.0 cm³/mol. The van der Waals surface area contributed by atoms with Crippen molar-refractivity contribution in [2.75, 3.05) is 0 Å². The van der Waals surface area contributed by atoms with Gasteiger partial charge in [-0.25, -0.2) is 0 Å². The largest absolute Gasteiger partial charge is 0.325 e. The van der Waals surface area contributed by atoms with E-state index in [0.29, 0.717) is 0 Å². The highest BCUT2D eigenvalue weighted by Crippen LogP contribution is 2.35. The summed E-state index contributed by atoms with van der Waals surface area (Å²) in [6, 6.07) is 6.16. The third kappa shape index (κ3) is 2.04. The van der Waals surface area contributed by atoms with E-state index < -0.39 is 0 Å². The molecule has 1 fully saturated rings. The summed E-state index contributed by atoms with van der Waals surface area (Å²) in [7, 11) is 0. The molecular formula is C11H14ClN. The van der Waals surface area contributed by atoms with E-state index in [2.05, 4.69) is 12.1 Å². The zero-order valence-corrected chi connectivity index (χ0v) is 8.56. The van der Waals surface area contributed by atoms with Crippen LogP contribution in [0.15, 0.2) is 18.2 Å². The minimum absolute atomic E-state index is 0.0975. The SMILES string of the molecule is Cc1cc(CC2(N)CC2)ccc1Cl. The van der Waals surface area contributed by atoms with Gasteiger partial charge in [-0.05, 0) is 43.4 Å². The monoisotopic (exact) mass is 195 g/mol. The lowest BCUT2D eigenvalue weighted by Gasteiger charge is -2.09. The average Bonchev–Trinajstić information content (AvgIpc) is 2.76. The van der Waals surface area contributed by atoms with E-state index in [-0.39, 0.29) is 5.54 Å². The van der Waals surface area contributed by atoms with Crippen molar-refractivity contribution in [3.05, 3.63) is 34.3 Å². The van der Waals surface area contributed by atoms with E-state index in [1.807, 2.05) is 13.0 Å². The molecule has 1 nitrogen and oxygen atoms in total. The van der Waals surface area contributed by atoms with Crippen molar-refractivity contribution in [2.45, 2.75) is 31.7 Å². The standard InChI is InChI=1S/C11H14ClN/c1-8-6-9(2-3-10(8)12)7-11(13)4-5-11/h2-3,6H,4-5,7,13H2,1H3. The lowest BCUT2D eigenvalue weighted by atomic mass is 10.0. The number of halogens is 1. The molecular weight excluding hydrogens is 182 g/mol. The van der Waals surface area contributed by atoms with Gasteiger partial charge < -0.3 is 5.73 Å². The zero-order valence-electron chi connectivity index (χ0n) is 7.81. The van der Waals surface area contributed by atoms with Gasteiger partial charge in [0, 0.05) is 10.6 Å². The Balaban J connectivity index is 2.17. The van der Waals surface area contributed by atoms with Crippen LogP contribution >= 0.6 is 11.6 Å². The molecule has 0 saturated heterocycles. The third-order valence-corrected chi connectivity index (χ3v) is 3.09.